The Labute approximate surface area is 118 Å². The van der Waals surface area contributed by atoms with E-state index in [2.05, 4.69) is 47.1 Å². The summed E-state index contributed by atoms with van der Waals surface area (Å²) < 4.78 is 12.1. The van der Waals surface area contributed by atoms with Gasteiger partial charge in [0, 0.05) is 11.6 Å². The molecule has 0 aromatic heterocycles. The van der Waals surface area contributed by atoms with Crippen molar-refractivity contribution in [2.75, 3.05) is 13.7 Å². The number of halogens is 1. The third kappa shape index (κ3) is 4.46. The highest BCUT2D eigenvalue weighted by Gasteiger charge is 2.13. The molecule has 0 saturated heterocycles. The molecule has 0 heterocycles. The lowest BCUT2D eigenvalue weighted by Gasteiger charge is -2.18. The van der Waals surface area contributed by atoms with Crippen molar-refractivity contribution in [1.82, 2.24) is 0 Å². The van der Waals surface area contributed by atoms with E-state index in [0.29, 0.717) is 6.61 Å². The van der Waals surface area contributed by atoms with E-state index in [9.17, 15) is 0 Å². The average molecular weight is 313 g/mol. The Bertz CT molecular complexity index is 395. The summed E-state index contributed by atoms with van der Waals surface area (Å²) in [6, 6.07) is 8.35. The summed E-state index contributed by atoms with van der Waals surface area (Å²) >= 11 is 3.45. The number of benzene rings is 1. The number of hydrogen-bond donors (Lipinski definition) is 0. The van der Waals surface area contributed by atoms with Gasteiger partial charge in [0.2, 0.25) is 0 Å². The van der Waals surface area contributed by atoms with Gasteiger partial charge >= 0.3 is 0 Å². The van der Waals surface area contributed by atoms with Gasteiger partial charge in [0.25, 0.3) is 0 Å². The fraction of sp³-hybridized carbons (Fsp3) is 0.467. The monoisotopic (exact) mass is 312 g/mol. The number of allylic oxidation sites excluding steroid dienone is 1. The van der Waals surface area contributed by atoms with Crippen molar-refractivity contribution in [3.05, 3.63) is 45.6 Å². The average Bonchev–Trinajstić information content (AvgIpc) is 2.37. The third-order valence-electron chi connectivity index (χ3n) is 2.97. The van der Waals surface area contributed by atoms with Crippen molar-refractivity contribution >= 4 is 15.9 Å². The summed E-state index contributed by atoms with van der Waals surface area (Å²) in [6.07, 6.45) is 0.925. The minimum absolute atomic E-state index is 0.0696. The molecule has 0 aliphatic carbocycles. The van der Waals surface area contributed by atoms with Crippen LogP contribution in [0.15, 0.2) is 40.1 Å². The zero-order chi connectivity index (χ0) is 13.5. The number of hydrogen-bond acceptors (Lipinski definition) is 2. The summed E-state index contributed by atoms with van der Waals surface area (Å²) in [5, 5.41) is 0. The molecular formula is C15H21BrO2. The van der Waals surface area contributed by atoms with Crippen LogP contribution in [0.2, 0.25) is 0 Å². The van der Waals surface area contributed by atoms with Crippen molar-refractivity contribution in [3.63, 3.8) is 0 Å². The first kappa shape index (κ1) is 15.3. The lowest BCUT2D eigenvalue weighted by Crippen LogP contribution is -2.14. The molecule has 1 unspecified atom stereocenters. The molecule has 0 amide bonds. The summed E-state index contributed by atoms with van der Waals surface area (Å²) in [4.78, 5) is 0. The summed E-state index contributed by atoms with van der Waals surface area (Å²) in [6.45, 7) is 6.74. The fourth-order valence-corrected chi connectivity index (χ4v) is 2.09. The van der Waals surface area contributed by atoms with Crippen molar-refractivity contribution in [1.29, 1.82) is 0 Å². The van der Waals surface area contributed by atoms with Gasteiger partial charge in [0.05, 0.1) is 18.5 Å². The molecule has 0 N–H and O–H groups in total. The smallest absolute Gasteiger partial charge is 0.0949 e. The van der Waals surface area contributed by atoms with Crippen LogP contribution in [-0.2, 0) is 15.9 Å². The van der Waals surface area contributed by atoms with Crippen molar-refractivity contribution in [2.24, 2.45) is 0 Å². The molecule has 0 spiro atoms. The SMILES string of the molecule is CCOC(C)=C(Cc1ccc(Br)cc1)C(C)OC. The molecule has 100 valence electrons. The van der Waals surface area contributed by atoms with Gasteiger partial charge in [-0.2, -0.15) is 0 Å². The Morgan fingerprint density at radius 1 is 1.28 bits per heavy atom. The van der Waals surface area contributed by atoms with E-state index in [1.165, 1.54) is 11.1 Å². The van der Waals surface area contributed by atoms with Gasteiger partial charge in [0.1, 0.15) is 0 Å². The standard InChI is InChI=1S/C15H21BrO2/c1-5-18-12(3)15(11(2)17-4)10-13-6-8-14(16)9-7-13/h6-9,11H,5,10H2,1-4H3. The number of ether oxygens (including phenoxy) is 2. The summed E-state index contributed by atoms with van der Waals surface area (Å²) in [7, 11) is 1.73. The van der Waals surface area contributed by atoms with E-state index >= 15 is 0 Å². The van der Waals surface area contributed by atoms with Gasteiger partial charge in [0.15, 0.2) is 0 Å². The molecule has 1 atom stereocenters. The largest absolute Gasteiger partial charge is 0.498 e. The predicted octanol–water partition coefficient (Wildman–Crippen LogP) is 4.34. The molecule has 2 nitrogen and oxygen atoms in total. The normalized spacial score (nSPS) is 14.1. The first-order valence-corrected chi connectivity index (χ1v) is 6.97. The van der Waals surface area contributed by atoms with Crippen molar-refractivity contribution < 1.29 is 9.47 Å². The minimum Gasteiger partial charge on any atom is -0.498 e. The number of rotatable bonds is 6. The lowest BCUT2D eigenvalue weighted by molar-refractivity contribution is 0.133. The number of methoxy groups -OCH3 is 1. The van der Waals surface area contributed by atoms with E-state index in [4.69, 9.17) is 9.47 Å². The van der Waals surface area contributed by atoms with E-state index in [0.717, 1.165) is 16.7 Å². The van der Waals surface area contributed by atoms with Gasteiger partial charge in [-0.3, -0.25) is 0 Å². The fourth-order valence-electron chi connectivity index (χ4n) is 1.83. The first-order chi connectivity index (χ1) is 8.58. The van der Waals surface area contributed by atoms with Crippen molar-refractivity contribution in [3.8, 4) is 0 Å². The maximum atomic E-state index is 5.61. The topological polar surface area (TPSA) is 18.5 Å². The molecule has 1 aromatic rings. The summed E-state index contributed by atoms with van der Waals surface area (Å²) in [5.41, 5.74) is 2.46. The molecule has 0 bridgehead atoms. The van der Waals surface area contributed by atoms with Gasteiger partial charge in [-0.15, -0.1) is 0 Å². The van der Waals surface area contributed by atoms with Crippen LogP contribution in [0, 0.1) is 0 Å². The maximum absolute atomic E-state index is 5.61. The second-order valence-electron chi connectivity index (χ2n) is 4.20. The van der Waals surface area contributed by atoms with Crippen LogP contribution in [0.1, 0.15) is 26.3 Å². The van der Waals surface area contributed by atoms with E-state index in [-0.39, 0.29) is 6.10 Å². The second kappa shape index (κ2) is 7.59. The molecule has 0 aliphatic heterocycles. The predicted molar refractivity (Wildman–Crippen MR) is 78.6 cm³/mol. The highest BCUT2D eigenvalue weighted by molar-refractivity contribution is 9.10. The van der Waals surface area contributed by atoms with Gasteiger partial charge in [-0.05, 0) is 50.5 Å². The third-order valence-corrected chi connectivity index (χ3v) is 3.49. The second-order valence-corrected chi connectivity index (χ2v) is 5.11. The van der Waals surface area contributed by atoms with E-state index in [1.807, 2.05) is 13.8 Å². The molecule has 18 heavy (non-hydrogen) atoms. The zero-order valence-electron chi connectivity index (χ0n) is 11.5. The van der Waals surface area contributed by atoms with Crippen LogP contribution >= 0.6 is 15.9 Å². The van der Waals surface area contributed by atoms with E-state index in [1.54, 1.807) is 7.11 Å². The molecule has 1 rings (SSSR count). The maximum Gasteiger partial charge on any atom is 0.0949 e. The molecule has 0 fully saturated rings. The van der Waals surface area contributed by atoms with E-state index < -0.39 is 0 Å². The molecule has 3 heteroatoms. The Morgan fingerprint density at radius 3 is 2.39 bits per heavy atom. The minimum atomic E-state index is 0.0696. The quantitative estimate of drug-likeness (QED) is 0.728. The molecule has 1 aromatic carbocycles. The van der Waals surface area contributed by atoms with Crippen LogP contribution in [-0.4, -0.2) is 19.8 Å². The molecular weight excluding hydrogens is 292 g/mol. The van der Waals surface area contributed by atoms with Gasteiger partial charge < -0.3 is 9.47 Å². The van der Waals surface area contributed by atoms with Gasteiger partial charge in [-0.25, -0.2) is 0 Å². The Kier molecular flexibility index (Phi) is 6.44. The molecule has 0 aliphatic rings. The van der Waals surface area contributed by atoms with Crippen LogP contribution < -0.4 is 0 Å². The highest BCUT2D eigenvalue weighted by atomic mass is 79.9. The Balaban J connectivity index is 2.91. The highest BCUT2D eigenvalue weighted by Crippen LogP contribution is 2.20. The van der Waals surface area contributed by atoms with Crippen molar-refractivity contribution in [2.45, 2.75) is 33.3 Å². The molecule has 0 radical (unpaired) electrons. The Hall–Kier alpha value is -0.800. The zero-order valence-corrected chi connectivity index (χ0v) is 13.1. The van der Waals surface area contributed by atoms with Crippen LogP contribution in [0.25, 0.3) is 0 Å². The van der Waals surface area contributed by atoms with Crippen LogP contribution in [0.5, 0.6) is 0 Å². The first-order valence-electron chi connectivity index (χ1n) is 6.18. The van der Waals surface area contributed by atoms with Crippen LogP contribution in [0.3, 0.4) is 0 Å². The Morgan fingerprint density at radius 2 is 1.89 bits per heavy atom. The van der Waals surface area contributed by atoms with Crippen LogP contribution in [0.4, 0.5) is 0 Å². The van der Waals surface area contributed by atoms with Gasteiger partial charge in [-0.1, -0.05) is 28.1 Å². The summed E-state index contributed by atoms with van der Waals surface area (Å²) in [5.74, 6) is 0.967. The molecule has 0 saturated carbocycles. The lowest BCUT2D eigenvalue weighted by atomic mass is 10.0.